The summed E-state index contributed by atoms with van der Waals surface area (Å²) in [6.07, 6.45) is -0.789. The number of nitrogens with two attached hydrogens (primary N) is 1. The van der Waals surface area contributed by atoms with Crippen molar-refractivity contribution in [2.75, 3.05) is 7.11 Å². The first-order valence-electron chi connectivity index (χ1n) is 5.27. The number of ether oxygens (including phenoxy) is 1. The van der Waals surface area contributed by atoms with E-state index in [9.17, 15) is 17.6 Å². The Morgan fingerprint density at radius 2 is 1.72 bits per heavy atom. The molecule has 0 radical (unpaired) electrons. The van der Waals surface area contributed by atoms with Crippen LogP contribution in [0.3, 0.4) is 0 Å². The van der Waals surface area contributed by atoms with Gasteiger partial charge in [0, 0.05) is 18.0 Å². The number of hydrogen-bond acceptors (Lipinski definition) is 2. The van der Waals surface area contributed by atoms with E-state index in [1.165, 1.54) is 13.8 Å². The monoisotopic (exact) mass is 265 g/mol. The largest absolute Gasteiger partial charge is 0.494 e. The topological polar surface area (TPSA) is 35.2 Å². The Morgan fingerprint density at radius 1 is 1.17 bits per heavy atom. The fourth-order valence-corrected chi connectivity index (χ4v) is 1.63. The van der Waals surface area contributed by atoms with Gasteiger partial charge in [0.2, 0.25) is 0 Å². The summed E-state index contributed by atoms with van der Waals surface area (Å²) in [6, 6.07) is 1.04. The van der Waals surface area contributed by atoms with Gasteiger partial charge in [0.05, 0.1) is 12.7 Å². The standard InChI is InChI=1S/C12H15F4NO/c1-11(2,17)6-12(15,16)7-4-9(14)10(18-3)5-8(7)13/h4-5H,6,17H2,1-3H3. The van der Waals surface area contributed by atoms with Crippen LogP contribution in [-0.4, -0.2) is 12.6 Å². The summed E-state index contributed by atoms with van der Waals surface area (Å²) in [4.78, 5) is 0. The molecule has 0 aliphatic rings. The van der Waals surface area contributed by atoms with E-state index in [1.54, 1.807) is 0 Å². The molecule has 0 heterocycles. The molecule has 0 aromatic heterocycles. The molecule has 1 aromatic rings. The van der Waals surface area contributed by atoms with Crippen molar-refractivity contribution in [3.8, 4) is 5.75 Å². The third-order valence-electron chi connectivity index (χ3n) is 2.31. The van der Waals surface area contributed by atoms with Crippen molar-refractivity contribution in [3.05, 3.63) is 29.3 Å². The lowest BCUT2D eigenvalue weighted by Crippen LogP contribution is -2.38. The number of halogens is 4. The quantitative estimate of drug-likeness (QED) is 0.848. The van der Waals surface area contributed by atoms with E-state index >= 15 is 0 Å². The summed E-state index contributed by atoms with van der Waals surface area (Å²) in [5.74, 6) is -6.22. The van der Waals surface area contributed by atoms with Gasteiger partial charge < -0.3 is 10.5 Å². The van der Waals surface area contributed by atoms with E-state index < -0.39 is 40.8 Å². The number of methoxy groups -OCH3 is 1. The highest BCUT2D eigenvalue weighted by atomic mass is 19.3. The molecule has 2 N–H and O–H groups in total. The fraction of sp³-hybridized carbons (Fsp3) is 0.500. The molecule has 102 valence electrons. The van der Waals surface area contributed by atoms with Crippen molar-refractivity contribution in [1.82, 2.24) is 0 Å². The van der Waals surface area contributed by atoms with Gasteiger partial charge in [0.25, 0.3) is 5.92 Å². The summed E-state index contributed by atoms with van der Waals surface area (Å²) in [6.45, 7) is 2.78. The van der Waals surface area contributed by atoms with Crippen LogP contribution in [0.5, 0.6) is 5.75 Å². The summed E-state index contributed by atoms with van der Waals surface area (Å²) in [5, 5.41) is 0. The Morgan fingerprint density at radius 3 is 2.17 bits per heavy atom. The zero-order valence-electron chi connectivity index (χ0n) is 10.4. The summed E-state index contributed by atoms with van der Waals surface area (Å²) in [5.41, 5.74) is 3.27. The second kappa shape index (κ2) is 4.76. The number of benzene rings is 1. The third kappa shape index (κ3) is 3.35. The highest BCUT2D eigenvalue weighted by Gasteiger charge is 2.39. The molecule has 1 aromatic carbocycles. The molecule has 0 fully saturated rings. The second-order valence-corrected chi connectivity index (χ2v) is 4.84. The van der Waals surface area contributed by atoms with E-state index in [-0.39, 0.29) is 0 Å². The van der Waals surface area contributed by atoms with Crippen LogP contribution in [0.25, 0.3) is 0 Å². The Balaban J connectivity index is 3.20. The minimum Gasteiger partial charge on any atom is -0.494 e. The van der Waals surface area contributed by atoms with E-state index in [0.717, 1.165) is 7.11 Å². The molecule has 0 aliphatic heterocycles. The van der Waals surface area contributed by atoms with Crippen LogP contribution in [0.2, 0.25) is 0 Å². The summed E-state index contributed by atoms with van der Waals surface area (Å²) in [7, 11) is 1.12. The minimum absolute atomic E-state index is 0.418. The average molecular weight is 265 g/mol. The molecule has 18 heavy (non-hydrogen) atoms. The van der Waals surface area contributed by atoms with Crippen LogP contribution in [0.4, 0.5) is 17.6 Å². The van der Waals surface area contributed by atoms with Gasteiger partial charge in [-0.3, -0.25) is 0 Å². The van der Waals surface area contributed by atoms with Gasteiger partial charge in [-0.25, -0.2) is 17.6 Å². The van der Waals surface area contributed by atoms with Gasteiger partial charge in [-0.2, -0.15) is 0 Å². The van der Waals surface area contributed by atoms with E-state index in [0.29, 0.717) is 12.1 Å². The zero-order valence-corrected chi connectivity index (χ0v) is 10.4. The highest BCUT2D eigenvalue weighted by Crippen LogP contribution is 2.38. The predicted molar refractivity (Wildman–Crippen MR) is 59.7 cm³/mol. The van der Waals surface area contributed by atoms with Crippen LogP contribution in [0, 0.1) is 11.6 Å². The van der Waals surface area contributed by atoms with Crippen molar-refractivity contribution in [1.29, 1.82) is 0 Å². The van der Waals surface area contributed by atoms with Crippen LogP contribution in [0.15, 0.2) is 12.1 Å². The molecule has 2 nitrogen and oxygen atoms in total. The first-order chi connectivity index (χ1) is 8.07. The zero-order chi connectivity index (χ0) is 14.1. The van der Waals surface area contributed by atoms with Crippen molar-refractivity contribution in [3.63, 3.8) is 0 Å². The van der Waals surface area contributed by atoms with Crippen molar-refractivity contribution >= 4 is 0 Å². The Kier molecular flexibility index (Phi) is 3.90. The van der Waals surface area contributed by atoms with Gasteiger partial charge in [-0.15, -0.1) is 0 Å². The summed E-state index contributed by atoms with van der Waals surface area (Å²) >= 11 is 0. The molecular formula is C12H15F4NO. The molecule has 0 saturated carbocycles. The molecule has 1 rings (SSSR count). The maximum absolute atomic E-state index is 13.8. The normalized spacial score (nSPS) is 12.7. The number of rotatable bonds is 4. The third-order valence-corrected chi connectivity index (χ3v) is 2.31. The second-order valence-electron chi connectivity index (χ2n) is 4.84. The lowest BCUT2D eigenvalue weighted by Gasteiger charge is -2.26. The van der Waals surface area contributed by atoms with Crippen molar-refractivity contribution in [2.45, 2.75) is 31.7 Å². The Bertz CT molecular complexity index is 440. The molecule has 0 spiro atoms. The molecule has 0 amide bonds. The average Bonchev–Trinajstić information content (AvgIpc) is 2.17. The summed E-state index contributed by atoms with van der Waals surface area (Å²) < 4.78 is 59.0. The van der Waals surface area contributed by atoms with Gasteiger partial charge >= 0.3 is 0 Å². The van der Waals surface area contributed by atoms with Crippen LogP contribution >= 0.6 is 0 Å². The fourth-order valence-electron chi connectivity index (χ4n) is 1.63. The molecule has 0 atom stereocenters. The van der Waals surface area contributed by atoms with Gasteiger partial charge in [0.1, 0.15) is 5.82 Å². The lowest BCUT2D eigenvalue weighted by molar-refractivity contribution is -0.0330. The van der Waals surface area contributed by atoms with Crippen LogP contribution in [0.1, 0.15) is 25.8 Å². The highest BCUT2D eigenvalue weighted by molar-refractivity contribution is 5.33. The number of alkyl halides is 2. The molecule has 0 aliphatic carbocycles. The first-order valence-corrected chi connectivity index (χ1v) is 5.27. The lowest BCUT2D eigenvalue weighted by atomic mass is 9.92. The van der Waals surface area contributed by atoms with E-state index in [1.807, 2.05) is 0 Å². The maximum atomic E-state index is 13.8. The van der Waals surface area contributed by atoms with Crippen molar-refractivity contribution in [2.24, 2.45) is 5.73 Å². The number of hydrogen-bond donors (Lipinski definition) is 1. The van der Waals surface area contributed by atoms with Gasteiger partial charge in [-0.05, 0) is 19.9 Å². The van der Waals surface area contributed by atoms with Crippen LogP contribution in [-0.2, 0) is 5.92 Å². The molecule has 0 unspecified atom stereocenters. The van der Waals surface area contributed by atoms with Crippen molar-refractivity contribution < 1.29 is 22.3 Å². The van der Waals surface area contributed by atoms with E-state index in [4.69, 9.17) is 5.73 Å². The molecular weight excluding hydrogens is 250 g/mol. The minimum atomic E-state index is -3.55. The predicted octanol–water partition coefficient (Wildman–Crippen LogP) is 3.19. The molecule has 6 heteroatoms. The smallest absolute Gasteiger partial charge is 0.277 e. The SMILES string of the molecule is COc1cc(F)c(C(F)(F)CC(C)(C)N)cc1F. The first kappa shape index (κ1) is 14.8. The van der Waals surface area contributed by atoms with E-state index in [2.05, 4.69) is 4.74 Å². The Hall–Kier alpha value is -1.30. The van der Waals surface area contributed by atoms with Crippen LogP contribution < -0.4 is 10.5 Å². The van der Waals surface area contributed by atoms with Gasteiger partial charge in [-0.1, -0.05) is 0 Å². The van der Waals surface area contributed by atoms with Gasteiger partial charge in [0.15, 0.2) is 11.6 Å². The maximum Gasteiger partial charge on any atom is 0.277 e. The molecule has 0 saturated heterocycles. The Labute approximate surface area is 103 Å². The molecule has 0 bridgehead atoms.